The Labute approximate surface area is 210 Å². The lowest BCUT2D eigenvalue weighted by atomic mass is 10.2. The minimum atomic E-state index is -0.0680. The van der Waals surface area contributed by atoms with Gasteiger partial charge in [0.25, 0.3) is 0 Å². The number of anilines is 2. The number of aromatic nitrogens is 3. The average Bonchev–Trinajstić information content (AvgIpc) is 3.67. The second-order valence-corrected chi connectivity index (χ2v) is 9.80. The summed E-state index contributed by atoms with van der Waals surface area (Å²) in [5.74, 6) is 1.74. The Hall–Kier alpha value is -3.04. The zero-order chi connectivity index (χ0) is 24.0. The van der Waals surface area contributed by atoms with Crippen molar-refractivity contribution in [3.05, 3.63) is 48.5 Å². The number of methoxy groups -OCH3 is 1. The van der Waals surface area contributed by atoms with Crippen LogP contribution in [0.3, 0.4) is 0 Å². The lowest BCUT2D eigenvalue weighted by Crippen LogP contribution is -2.18. The van der Waals surface area contributed by atoms with Crippen LogP contribution in [0.25, 0.3) is 11.4 Å². The molecule has 1 atom stereocenters. The SMILES string of the molecule is COc1ccc(-c2nnc(SCC(=O)Nc3ccc(N4CCCC4)cc3)n2CC2CCCO2)cc1. The molecule has 2 aliphatic heterocycles. The Morgan fingerprint density at radius 2 is 1.86 bits per heavy atom. The van der Waals surface area contributed by atoms with Crippen molar-refractivity contribution in [2.24, 2.45) is 0 Å². The number of benzene rings is 2. The van der Waals surface area contributed by atoms with Crippen LogP contribution in [-0.2, 0) is 16.1 Å². The molecule has 35 heavy (non-hydrogen) atoms. The van der Waals surface area contributed by atoms with Crippen LogP contribution in [0.2, 0.25) is 0 Å². The number of hydrogen-bond acceptors (Lipinski definition) is 7. The van der Waals surface area contributed by atoms with E-state index in [1.165, 1.54) is 30.3 Å². The van der Waals surface area contributed by atoms with Gasteiger partial charge in [-0.05, 0) is 74.2 Å². The summed E-state index contributed by atoms with van der Waals surface area (Å²) in [5.41, 5.74) is 2.96. The summed E-state index contributed by atoms with van der Waals surface area (Å²) in [4.78, 5) is 15.1. The van der Waals surface area contributed by atoms with Crippen molar-refractivity contribution in [3.63, 3.8) is 0 Å². The van der Waals surface area contributed by atoms with E-state index in [2.05, 4.69) is 37.1 Å². The fourth-order valence-electron chi connectivity index (χ4n) is 4.56. The van der Waals surface area contributed by atoms with Gasteiger partial charge in [0.1, 0.15) is 5.75 Å². The lowest BCUT2D eigenvalue weighted by molar-refractivity contribution is -0.113. The molecule has 0 radical (unpaired) electrons. The van der Waals surface area contributed by atoms with Gasteiger partial charge in [-0.15, -0.1) is 10.2 Å². The van der Waals surface area contributed by atoms with Crippen LogP contribution in [0.5, 0.6) is 5.75 Å². The van der Waals surface area contributed by atoms with E-state index < -0.39 is 0 Å². The number of rotatable bonds is 9. The molecule has 2 saturated heterocycles. The Morgan fingerprint density at radius 3 is 2.54 bits per heavy atom. The number of ether oxygens (including phenoxy) is 2. The summed E-state index contributed by atoms with van der Waals surface area (Å²) in [7, 11) is 1.65. The summed E-state index contributed by atoms with van der Waals surface area (Å²) in [6, 6.07) is 15.9. The van der Waals surface area contributed by atoms with Crippen LogP contribution in [-0.4, -0.2) is 59.3 Å². The number of nitrogens with one attached hydrogen (secondary N) is 1. The molecule has 1 aromatic heterocycles. The lowest BCUT2D eigenvalue weighted by Gasteiger charge is -2.17. The highest BCUT2D eigenvalue weighted by molar-refractivity contribution is 7.99. The molecule has 184 valence electrons. The van der Waals surface area contributed by atoms with E-state index in [0.717, 1.165) is 55.4 Å². The molecular weight excluding hydrogens is 462 g/mol. The molecule has 1 amide bonds. The highest BCUT2D eigenvalue weighted by atomic mass is 32.2. The second kappa shape index (κ2) is 11.1. The molecule has 3 aromatic rings. The van der Waals surface area contributed by atoms with Gasteiger partial charge in [-0.2, -0.15) is 0 Å². The summed E-state index contributed by atoms with van der Waals surface area (Å²) in [5, 5.41) is 12.6. The maximum absolute atomic E-state index is 12.7. The number of carbonyl (C=O) groups is 1. The van der Waals surface area contributed by atoms with Crippen molar-refractivity contribution in [2.45, 2.75) is 43.5 Å². The topological polar surface area (TPSA) is 81.5 Å². The van der Waals surface area contributed by atoms with Crippen LogP contribution in [0.15, 0.2) is 53.7 Å². The van der Waals surface area contributed by atoms with E-state index >= 15 is 0 Å². The molecule has 0 spiro atoms. The van der Waals surface area contributed by atoms with E-state index in [0.29, 0.717) is 11.7 Å². The third-order valence-electron chi connectivity index (χ3n) is 6.43. The first-order valence-electron chi connectivity index (χ1n) is 12.2. The van der Waals surface area contributed by atoms with E-state index in [1.54, 1.807) is 7.11 Å². The molecule has 2 aromatic carbocycles. The first-order chi connectivity index (χ1) is 17.2. The van der Waals surface area contributed by atoms with Crippen molar-refractivity contribution in [1.82, 2.24) is 14.8 Å². The Morgan fingerprint density at radius 1 is 1.09 bits per heavy atom. The predicted molar refractivity (Wildman–Crippen MR) is 138 cm³/mol. The first-order valence-corrected chi connectivity index (χ1v) is 13.1. The van der Waals surface area contributed by atoms with E-state index in [9.17, 15) is 4.79 Å². The normalized spacial score (nSPS) is 17.6. The number of amides is 1. The molecule has 0 aliphatic carbocycles. The van der Waals surface area contributed by atoms with Gasteiger partial charge in [-0.3, -0.25) is 9.36 Å². The maximum Gasteiger partial charge on any atom is 0.234 e. The van der Waals surface area contributed by atoms with Crippen molar-refractivity contribution >= 4 is 29.0 Å². The van der Waals surface area contributed by atoms with E-state index in [1.807, 2.05) is 36.4 Å². The molecule has 2 aliphatic rings. The number of nitrogens with zero attached hydrogens (tertiary/aromatic N) is 4. The highest BCUT2D eigenvalue weighted by Crippen LogP contribution is 2.28. The quantitative estimate of drug-likeness (QED) is 0.441. The van der Waals surface area contributed by atoms with Gasteiger partial charge in [0.05, 0.1) is 25.5 Å². The monoisotopic (exact) mass is 493 g/mol. The summed E-state index contributed by atoms with van der Waals surface area (Å²) >= 11 is 1.39. The minimum Gasteiger partial charge on any atom is -0.497 e. The second-order valence-electron chi connectivity index (χ2n) is 8.86. The van der Waals surface area contributed by atoms with Gasteiger partial charge in [0.2, 0.25) is 5.91 Å². The van der Waals surface area contributed by atoms with Crippen LogP contribution in [0.1, 0.15) is 25.7 Å². The van der Waals surface area contributed by atoms with E-state index in [4.69, 9.17) is 9.47 Å². The van der Waals surface area contributed by atoms with Gasteiger partial charge >= 0.3 is 0 Å². The van der Waals surface area contributed by atoms with Crippen molar-refractivity contribution in [1.29, 1.82) is 0 Å². The zero-order valence-corrected chi connectivity index (χ0v) is 20.8. The van der Waals surface area contributed by atoms with Crippen molar-refractivity contribution in [2.75, 3.05) is 42.8 Å². The molecule has 2 fully saturated rings. The Kier molecular flexibility index (Phi) is 7.54. The molecular formula is C26H31N5O3S. The predicted octanol–water partition coefficient (Wildman–Crippen LogP) is 4.46. The van der Waals surface area contributed by atoms with Crippen LogP contribution in [0, 0.1) is 0 Å². The molecule has 8 nitrogen and oxygen atoms in total. The third kappa shape index (κ3) is 5.79. The fourth-order valence-corrected chi connectivity index (χ4v) is 5.31. The highest BCUT2D eigenvalue weighted by Gasteiger charge is 2.22. The maximum atomic E-state index is 12.7. The summed E-state index contributed by atoms with van der Waals surface area (Å²) in [6.45, 7) is 3.66. The molecule has 9 heteroatoms. The Balaban J connectivity index is 1.25. The zero-order valence-electron chi connectivity index (χ0n) is 20.0. The number of thioether (sulfide) groups is 1. The van der Waals surface area contributed by atoms with Crippen LogP contribution >= 0.6 is 11.8 Å². The molecule has 1 N–H and O–H groups in total. The molecule has 0 bridgehead atoms. The van der Waals surface area contributed by atoms with Gasteiger partial charge in [-0.25, -0.2) is 0 Å². The van der Waals surface area contributed by atoms with Gasteiger partial charge in [-0.1, -0.05) is 11.8 Å². The standard InChI is InChI=1S/C26H31N5O3S/c1-33-22-12-6-19(7-13-22)25-28-29-26(31(25)17-23-5-4-16-34-23)35-18-24(32)27-20-8-10-21(11-9-20)30-14-2-3-15-30/h6-13,23H,2-5,14-18H2,1H3,(H,27,32). The summed E-state index contributed by atoms with van der Waals surface area (Å²) < 4.78 is 13.2. The first kappa shape index (κ1) is 23.7. The molecule has 5 rings (SSSR count). The average molecular weight is 494 g/mol. The van der Waals surface area contributed by atoms with Gasteiger partial charge in [0.15, 0.2) is 11.0 Å². The van der Waals surface area contributed by atoms with Gasteiger partial charge in [0, 0.05) is 36.6 Å². The Bertz CT molecular complexity index is 1120. The van der Waals surface area contributed by atoms with E-state index in [-0.39, 0.29) is 17.8 Å². The molecule has 1 unspecified atom stereocenters. The van der Waals surface area contributed by atoms with Crippen LogP contribution in [0.4, 0.5) is 11.4 Å². The van der Waals surface area contributed by atoms with Gasteiger partial charge < -0.3 is 19.7 Å². The molecule has 3 heterocycles. The van der Waals surface area contributed by atoms with Crippen molar-refractivity contribution in [3.8, 4) is 17.1 Å². The van der Waals surface area contributed by atoms with Crippen LogP contribution < -0.4 is 15.0 Å². The van der Waals surface area contributed by atoms with Crippen molar-refractivity contribution < 1.29 is 14.3 Å². The third-order valence-corrected chi connectivity index (χ3v) is 7.40. The number of hydrogen-bond donors (Lipinski definition) is 1. The minimum absolute atomic E-state index is 0.0680. The smallest absolute Gasteiger partial charge is 0.234 e. The molecule has 0 saturated carbocycles. The fraction of sp³-hybridized carbons (Fsp3) is 0.423. The summed E-state index contributed by atoms with van der Waals surface area (Å²) in [6.07, 6.45) is 4.69. The largest absolute Gasteiger partial charge is 0.497 e. The number of carbonyl (C=O) groups excluding carboxylic acids is 1.